The Morgan fingerprint density at radius 2 is 2.23 bits per heavy atom. The second-order valence-electron chi connectivity index (χ2n) is 6.04. The Hall–Kier alpha value is -0.460. The van der Waals surface area contributed by atoms with E-state index in [4.69, 9.17) is 9.73 Å². The van der Waals surface area contributed by atoms with Crippen molar-refractivity contribution in [2.45, 2.75) is 38.5 Å². The van der Waals surface area contributed by atoms with Crippen LogP contribution in [0.5, 0.6) is 0 Å². The molecule has 2 unspecified atom stereocenters. The fraction of sp³-hybridized carbons (Fsp3) is 0.938. The summed E-state index contributed by atoms with van der Waals surface area (Å²) in [6, 6.07) is 0.516. The number of hydrogen-bond donors (Lipinski definition) is 1. The first-order valence-corrected chi connectivity index (χ1v) is 9.76. The fourth-order valence-corrected chi connectivity index (χ4v) is 4.14. The molecule has 2 fully saturated rings. The molecule has 2 heterocycles. The van der Waals surface area contributed by atoms with Gasteiger partial charge in [0.05, 0.1) is 19.8 Å². The van der Waals surface area contributed by atoms with Gasteiger partial charge in [-0.15, -0.1) is 0 Å². The molecule has 0 aromatic rings. The van der Waals surface area contributed by atoms with E-state index >= 15 is 0 Å². The van der Waals surface area contributed by atoms with Crippen LogP contribution in [-0.4, -0.2) is 85.3 Å². The maximum absolute atomic E-state index is 5.50. The van der Waals surface area contributed by atoms with Gasteiger partial charge < -0.3 is 15.0 Å². The zero-order chi connectivity index (χ0) is 15.8. The molecule has 0 spiro atoms. The van der Waals surface area contributed by atoms with Crippen LogP contribution >= 0.6 is 11.8 Å². The van der Waals surface area contributed by atoms with Crippen LogP contribution in [-0.2, 0) is 4.74 Å². The molecule has 2 aliphatic rings. The van der Waals surface area contributed by atoms with Crippen molar-refractivity contribution in [1.82, 2.24) is 15.1 Å². The number of nitrogens with one attached hydrogen (secondary N) is 1. The molecule has 0 amide bonds. The van der Waals surface area contributed by atoms with Gasteiger partial charge in [0.2, 0.25) is 0 Å². The normalized spacial score (nSPS) is 28.0. The molecule has 2 aliphatic heterocycles. The van der Waals surface area contributed by atoms with Gasteiger partial charge in [-0.3, -0.25) is 9.89 Å². The quantitative estimate of drug-likeness (QED) is 0.612. The number of thioether (sulfide) groups is 1. The van der Waals surface area contributed by atoms with Gasteiger partial charge in [0.15, 0.2) is 5.96 Å². The van der Waals surface area contributed by atoms with Crippen molar-refractivity contribution >= 4 is 17.7 Å². The first-order valence-electron chi connectivity index (χ1n) is 8.71. The van der Waals surface area contributed by atoms with Gasteiger partial charge >= 0.3 is 0 Å². The molecule has 2 rings (SSSR count). The van der Waals surface area contributed by atoms with Crippen molar-refractivity contribution in [3.63, 3.8) is 0 Å². The van der Waals surface area contributed by atoms with E-state index in [0.717, 1.165) is 63.7 Å². The van der Waals surface area contributed by atoms with Gasteiger partial charge in [-0.2, -0.15) is 11.8 Å². The molecule has 0 aromatic heterocycles. The Labute approximate surface area is 139 Å². The molecular weight excluding hydrogens is 296 g/mol. The van der Waals surface area contributed by atoms with Gasteiger partial charge in [0, 0.05) is 49.8 Å². The smallest absolute Gasteiger partial charge is 0.194 e. The number of aliphatic imine (C=N–C) groups is 1. The molecular formula is C16H32N4OS. The lowest BCUT2D eigenvalue weighted by atomic mass is 10.2. The summed E-state index contributed by atoms with van der Waals surface area (Å²) in [7, 11) is 0. The SMILES string of the molecule is CCNC(=NCCN1CCOCC1C)N1CCSC(CC)C1. The summed E-state index contributed by atoms with van der Waals surface area (Å²) >= 11 is 2.10. The number of guanidine groups is 1. The van der Waals surface area contributed by atoms with E-state index in [0.29, 0.717) is 6.04 Å². The first kappa shape index (κ1) is 17.9. The van der Waals surface area contributed by atoms with Crippen LogP contribution in [0.4, 0.5) is 0 Å². The molecule has 0 aromatic carbocycles. The maximum Gasteiger partial charge on any atom is 0.194 e. The van der Waals surface area contributed by atoms with Crippen molar-refractivity contribution in [2.24, 2.45) is 4.99 Å². The van der Waals surface area contributed by atoms with Crippen molar-refractivity contribution in [1.29, 1.82) is 0 Å². The van der Waals surface area contributed by atoms with E-state index in [9.17, 15) is 0 Å². The largest absolute Gasteiger partial charge is 0.379 e. The Kier molecular flexibility index (Phi) is 7.83. The van der Waals surface area contributed by atoms with Crippen molar-refractivity contribution < 1.29 is 4.74 Å². The molecule has 0 saturated carbocycles. The predicted octanol–water partition coefficient (Wildman–Crippen LogP) is 1.50. The minimum absolute atomic E-state index is 0.516. The van der Waals surface area contributed by atoms with E-state index in [1.807, 2.05) is 0 Å². The van der Waals surface area contributed by atoms with Gasteiger partial charge in [-0.1, -0.05) is 6.92 Å². The van der Waals surface area contributed by atoms with Gasteiger partial charge in [0.25, 0.3) is 0 Å². The number of morpholine rings is 1. The van der Waals surface area contributed by atoms with E-state index < -0.39 is 0 Å². The van der Waals surface area contributed by atoms with Gasteiger partial charge in [-0.05, 0) is 20.3 Å². The molecule has 5 nitrogen and oxygen atoms in total. The highest BCUT2D eigenvalue weighted by Crippen LogP contribution is 2.21. The number of hydrogen-bond acceptors (Lipinski definition) is 4. The summed E-state index contributed by atoms with van der Waals surface area (Å²) in [5.74, 6) is 2.31. The summed E-state index contributed by atoms with van der Waals surface area (Å²) in [5, 5.41) is 4.22. The van der Waals surface area contributed by atoms with Crippen LogP contribution < -0.4 is 5.32 Å². The Bertz CT molecular complexity index is 353. The van der Waals surface area contributed by atoms with Crippen LogP contribution in [0.2, 0.25) is 0 Å². The van der Waals surface area contributed by atoms with Crippen molar-refractivity contribution in [3.8, 4) is 0 Å². The standard InChI is InChI=1S/C16H32N4OS/c1-4-15-12-20(9-11-22-15)16(17-5-2)18-6-7-19-8-10-21-13-14(19)3/h14-15H,4-13H2,1-3H3,(H,17,18). The van der Waals surface area contributed by atoms with Crippen molar-refractivity contribution in [2.75, 3.05) is 58.2 Å². The molecule has 1 N–H and O–H groups in total. The van der Waals surface area contributed by atoms with Gasteiger partial charge in [-0.25, -0.2) is 0 Å². The summed E-state index contributed by atoms with van der Waals surface area (Å²) in [4.78, 5) is 9.80. The monoisotopic (exact) mass is 328 g/mol. The van der Waals surface area contributed by atoms with Crippen LogP contribution in [0.1, 0.15) is 27.2 Å². The zero-order valence-electron chi connectivity index (χ0n) is 14.4. The van der Waals surface area contributed by atoms with E-state index in [-0.39, 0.29) is 0 Å². The molecule has 0 bridgehead atoms. The highest BCUT2D eigenvalue weighted by atomic mass is 32.2. The lowest BCUT2D eigenvalue weighted by molar-refractivity contribution is 0.00139. The zero-order valence-corrected chi connectivity index (χ0v) is 15.2. The highest BCUT2D eigenvalue weighted by Gasteiger charge is 2.22. The van der Waals surface area contributed by atoms with E-state index in [1.54, 1.807) is 0 Å². The third kappa shape index (κ3) is 5.32. The van der Waals surface area contributed by atoms with Crippen LogP contribution in [0, 0.1) is 0 Å². The number of ether oxygens (including phenoxy) is 1. The van der Waals surface area contributed by atoms with Crippen molar-refractivity contribution in [3.05, 3.63) is 0 Å². The second kappa shape index (κ2) is 9.63. The topological polar surface area (TPSA) is 40.1 Å². The summed E-state index contributed by atoms with van der Waals surface area (Å²) in [6.45, 7) is 14.5. The van der Waals surface area contributed by atoms with Crippen LogP contribution in [0.25, 0.3) is 0 Å². The lowest BCUT2D eigenvalue weighted by Gasteiger charge is -2.35. The summed E-state index contributed by atoms with van der Waals surface area (Å²) < 4.78 is 5.50. The Morgan fingerprint density at radius 1 is 1.36 bits per heavy atom. The van der Waals surface area contributed by atoms with Crippen LogP contribution in [0.15, 0.2) is 4.99 Å². The average molecular weight is 329 g/mol. The molecule has 0 radical (unpaired) electrons. The summed E-state index contributed by atoms with van der Waals surface area (Å²) in [6.07, 6.45) is 1.24. The minimum Gasteiger partial charge on any atom is -0.379 e. The third-order valence-electron chi connectivity index (χ3n) is 4.38. The molecule has 128 valence electrons. The fourth-order valence-electron chi connectivity index (χ4n) is 2.96. The molecule has 6 heteroatoms. The number of rotatable bonds is 5. The highest BCUT2D eigenvalue weighted by molar-refractivity contribution is 8.00. The molecule has 2 atom stereocenters. The maximum atomic E-state index is 5.50. The summed E-state index contributed by atoms with van der Waals surface area (Å²) in [5.41, 5.74) is 0. The van der Waals surface area contributed by atoms with Crippen LogP contribution in [0.3, 0.4) is 0 Å². The lowest BCUT2D eigenvalue weighted by Crippen LogP contribution is -2.48. The predicted molar refractivity (Wildman–Crippen MR) is 95.9 cm³/mol. The minimum atomic E-state index is 0.516. The average Bonchev–Trinajstić information content (AvgIpc) is 2.56. The third-order valence-corrected chi connectivity index (χ3v) is 5.75. The first-order chi connectivity index (χ1) is 10.7. The number of nitrogens with zero attached hydrogens (tertiary/aromatic N) is 3. The second-order valence-corrected chi connectivity index (χ2v) is 7.45. The Balaban J connectivity index is 1.86. The molecule has 2 saturated heterocycles. The van der Waals surface area contributed by atoms with Gasteiger partial charge in [0.1, 0.15) is 0 Å². The van der Waals surface area contributed by atoms with E-state index in [1.165, 1.54) is 12.2 Å². The molecule has 22 heavy (non-hydrogen) atoms. The van der Waals surface area contributed by atoms with E-state index in [2.05, 4.69) is 47.6 Å². The Morgan fingerprint density at radius 3 is 2.95 bits per heavy atom. The molecule has 0 aliphatic carbocycles.